The lowest BCUT2D eigenvalue weighted by Crippen LogP contribution is -2.49. The van der Waals surface area contributed by atoms with E-state index in [1.807, 2.05) is 53.4 Å². The number of hydrogen-bond donors (Lipinski definition) is 1. The Labute approximate surface area is 183 Å². The van der Waals surface area contributed by atoms with Crippen molar-refractivity contribution in [2.45, 2.75) is 12.6 Å². The fraction of sp³-hybridized carbons (Fsp3) is 0.231. The SMILES string of the molecule is CN1CCN(C(=O)c2ccc(C(=O)NCc3ccccc3)cc2)CC1c1ccccc1. The monoisotopic (exact) mass is 413 g/mol. The highest BCUT2D eigenvalue weighted by molar-refractivity contribution is 5.97. The molecule has 1 fully saturated rings. The van der Waals surface area contributed by atoms with Crippen LogP contribution in [0.15, 0.2) is 84.9 Å². The molecule has 158 valence electrons. The Morgan fingerprint density at radius 3 is 2.13 bits per heavy atom. The van der Waals surface area contributed by atoms with Gasteiger partial charge in [-0.15, -0.1) is 0 Å². The van der Waals surface area contributed by atoms with Gasteiger partial charge >= 0.3 is 0 Å². The second-order valence-electron chi connectivity index (χ2n) is 7.90. The van der Waals surface area contributed by atoms with Crippen molar-refractivity contribution >= 4 is 11.8 Å². The van der Waals surface area contributed by atoms with Gasteiger partial charge in [-0.1, -0.05) is 60.7 Å². The summed E-state index contributed by atoms with van der Waals surface area (Å²) in [6, 6.07) is 27.2. The molecule has 0 saturated carbocycles. The summed E-state index contributed by atoms with van der Waals surface area (Å²) in [5.41, 5.74) is 3.42. The van der Waals surface area contributed by atoms with Gasteiger partial charge in [-0.3, -0.25) is 14.5 Å². The fourth-order valence-corrected chi connectivity index (χ4v) is 3.92. The lowest BCUT2D eigenvalue weighted by Gasteiger charge is -2.39. The van der Waals surface area contributed by atoms with E-state index in [1.165, 1.54) is 5.56 Å². The van der Waals surface area contributed by atoms with Gasteiger partial charge in [-0.25, -0.2) is 0 Å². The van der Waals surface area contributed by atoms with Crippen LogP contribution < -0.4 is 5.32 Å². The van der Waals surface area contributed by atoms with Crippen molar-refractivity contribution in [2.24, 2.45) is 0 Å². The third-order valence-electron chi connectivity index (χ3n) is 5.81. The van der Waals surface area contributed by atoms with Crippen LogP contribution in [-0.4, -0.2) is 48.3 Å². The summed E-state index contributed by atoms with van der Waals surface area (Å²) in [6.45, 7) is 2.64. The number of likely N-dealkylation sites (N-methyl/N-ethyl adjacent to an activating group) is 1. The zero-order valence-corrected chi connectivity index (χ0v) is 17.7. The molecule has 1 atom stereocenters. The Balaban J connectivity index is 1.39. The van der Waals surface area contributed by atoms with E-state index in [-0.39, 0.29) is 17.9 Å². The van der Waals surface area contributed by atoms with Crippen molar-refractivity contribution in [2.75, 3.05) is 26.7 Å². The van der Waals surface area contributed by atoms with Crippen molar-refractivity contribution in [3.63, 3.8) is 0 Å². The van der Waals surface area contributed by atoms with Gasteiger partial charge in [0.2, 0.25) is 0 Å². The van der Waals surface area contributed by atoms with Crippen LogP contribution in [0.2, 0.25) is 0 Å². The Kier molecular flexibility index (Phi) is 6.43. The number of nitrogens with one attached hydrogen (secondary N) is 1. The first-order valence-electron chi connectivity index (χ1n) is 10.6. The first-order valence-corrected chi connectivity index (χ1v) is 10.6. The number of hydrogen-bond acceptors (Lipinski definition) is 3. The van der Waals surface area contributed by atoms with E-state index in [0.717, 1.165) is 12.1 Å². The molecule has 4 rings (SSSR count). The van der Waals surface area contributed by atoms with Crippen molar-refractivity contribution in [3.05, 3.63) is 107 Å². The lowest BCUT2D eigenvalue weighted by atomic mass is 10.0. The van der Waals surface area contributed by atoms with Crippen LogP contribution in [0, 0.1) is 0 Å². The van der Waals surface area contributed by atoms with Crippen LogP contribution in [0.1, 0.15) is 37.9 Å². The number of amides is 2. The summed E-state index contributed by atoms with van der Waals surface area (Å²) < 4.78 is 0. The van der Waals surface area contributed by atoms with Crippen LogP contribution in [0.25, 0.3) is 0 Å². The molecule has 31 heavy (non-hydrogen) atoms. The average molecular weight is 414 g/mol. The second kappa shape index (κ2) is 9.58. The van der Waals surface area contributed by atoms with E-state index in [1.54, 1.807) is 24.3 Å². The van der Waals surface area contributed by atoms with Crippen molar-refractivity contribution in [3.8, 4) is 0 Å². The van der Waals surface area contributed by atoms with Gasteiger partial charge in [0.15, 0.2) is 0 Å². The molecule has 0 spiro atoms. The summed E-state index contributed by atoms with van der Waals surface area (Å²) in [7, 11) is 2.10. The molecule has 3 aromatic carbocycles. The molecule has 0 radical (unpaired) electrons. The molecule has 1 aliphatic heterocycles. The fourth-order valence-electron chi connectivity index (χ4n) is 3.92. The molecular formula is C26H27N3O2. The highest BCUT2D eigenvalue weighted by atomic mass is 16.2. The van der Waals surface area contributed by atoms with Gasteiger partial charge in [-0.05, 0) is 42.4 Å². The minimum Gasteiger partial charge on any atom is -0.348 e. The summed E-state index contributed by atoms with van der Waals surface area (Å²) in [6.07, 6.45) is 0. The Bertz CT molecular complexity index is 1020. The van der Waals surface area contributed by atoms with Gasteiger partial charge in [0, 0.05) is 37.3 Å². The number of rotatable bonds is 5. The summed E-state index contributed by atoms with van der Waals surface area (Å²) in [5, 5.41) is 2.92. The molecular weight excluding hydrogens is 386 g/mol. The summed E-state index contributed by atoms with van der Waals surface area (Å²) in [4.78, 5) is 29.7. The van der Waals surface area contributed by atoms with Gasteiger partial charge in [-0.2, -0.15) is 0 Å². The maximum absolute atomic E-state index is 13.1. The first-order chi connectivity index (χ1) is 15.1. The predicted octanol–water partition coefficient (Wildman–Crippen LogP) is 3.75. The van der Waals surface area contributed by atoms with Crippen LogP contribution in [0.4, 0.5) is 0 Å². The van der Waals surface area contributed by atoms with Gasteiger partial charge in [0.1, 0.15) is 0 Å². The number of piperazine rings is 1. The average Bonchev–Trinajstić information content (AvgIpc) is 2.84. The van der Waals surface area contributed by atoms with Crippen molar-refractivity contribution in [1.82, 2.24) is 15.1 Å². The van der Waals surface area contributed by atoms with Crippen LogP contribution in [0.5, 0.6) is 0 Å². The maximum atomic E-state index is 13.1. The molecule has 0 aliphatic carbocycles. The van der Waals surface area contributed by atoms with Crippen LogP contribution in [0.3, 0.4) is 0 Å². The Morgan fingerprint density at radius 1 is 0.839 bits per heavy atom. The largest absolute Gasteiger partial charge is 0.348 e. The molecule has 0 bridgehead atoms. The maximum Gasteiger partial charge on any atom is 0.253 e. The third-order valence-corrected chi connectivity index (χ3v) is 5.81. The normalized spacial score (nSPS) is 16.7. The molecule has 5 heteroatoms. The number of benzene rings is 3. The molecule has 5 nitrogen and oxygen atoms in total. The second-order valence-corrected chi connectivity index (χ2v) is 7.90. The van der Waals surface area contributed by atoms with Gasteiger partial charge in [0.05, 0.1) is 6.04 Å². The first kappa shape index (κ1) is 20.8. The molecule has 2 amide bonds. The molecule has 1 heterocycles. The predicted molar refractivity (Wildman–Crippen MR) is 122 cm³/mol. The zero-order chi connectivity index (χ0) is 21.6. The number of nitrogens with zero attached hydrogens (tertiary/aromatic N) is 2. The summed E-state index contributed by atoms with van der Waals surface area (Å²) in [5.74, 6) is -0.142. The quantitative estimate of drug-likeness (QED) is 0.693. The van der Waals surface area contributed by atoms with E-state index in [9.17, 15) is 9.59 Å². The Morgan fingerprint density at radius 2 is 1.45 bits per heavy atom. The standard InChI is InChI=1S/C26H27N3O2/c1-28-16-17-29(19-24(28)21-10-6-3-7-11-21)26(31)23-14-12-22(13-15-23)25(30)27-18-20-8-4-2-5-9-20/h2-15,24H,16-19H2,1H3,(H,27,30). The minimum absolute atomic E-state index is 0.00488. The van der Waals surface area contributed by atoms with Crippen molar-refractivity contribution < 1.29 is 9.59 Å². The smallest absolute Gasteiger partial charge is 0.253 e. The van der Waals surface area contributed by atoms with Crippen molar-refractivity contribution in [1.29, 1.82) is 0 Å². The molecule has 1 unspecified atom stereocenters. The molecule has 3 aromatic rings. The van der Waals surface area contributed by atoms with Crippen LogP contribution >= 0.6 is 0 Å². The van der Waals surface area contributed by atoms with E-state index in [0.29, 0.717) is 30.8 Å². The topological polar surface area (TPSA) is 52.7 Å². The Hall–Kier alpha value is -3.44. The minimum atomic E-state index is -0.147. The molecule has 1 N–H and O–H groups in total. The number of carbonyl (C=O) groups is 2. The summed E-state index contributed by atoms with van der Waals surface area (Å²) >= 11 is 0. The van der Waals surface area contributed by atoms with E-state index in [2.05, 4.69) is 29.4 Å². The highest BCUT2D eigenvalue weighted by Gasteiger charge is 2.28. The third kappa shape index (κ3) is 5.01. The highest BCUT2D eigenvalue weighted by Crippen LogP contribution is 2.24. The van der Waals surface area contributed by atoms with E-state index >= 15 is 0 Å². The van der Waals surface area contributed by atoms with Gasteiger partial charge < -0.3 is 10.2 Å². The molecule has 1 saturated heterocycles. The molecule has 1 aliphatic rings. The molecule has 0 aromatic heterocycles. The van der Waals surface area contributed by atoms with Gasteiger partial charge in [0.25, 0.3) is 11.8 Å². The van der Waals surface area contributed by atoms with Crippen LogP contribution in [-0.2, 0) is 6.54 Å². The van der Waals surface area contributed by atoms with E-state index in [4.69, 9.17) is 0 Å². The lowest BCUT2D eigenvalue weighted by molar-refractivity contribution is 0.0546. The van der Waals surface area contributed by atoms with E-state index < -0.39 is 0 Å². The zero-order valence-electron chi connectivity index (χ0n) is 17.7. The number of carbonyl (C=O) groups excluding carboxylic acids is 2.